The predicted octanol–water partition coefficient (Wildman–Crippen LogP) is 5.98. The molecule has 0 aromatic heterocycles. The fourth-order valence-electron chi connectivity index (χ4n) is 2.36. The standard InChI is InChI=1S/C18H37N/c1-3-4-5-6-7-8-9-10-11-12-13-14-15-16-17-18(2)19/h8-9,18H,3-7,10-17,19H2,1-2H3. The average molecular weight is 268 g/mol. The van der Waals surface area contributed by atoms with Crippen molar-refractivity contribution in [1.29, 1.82) is 0 Å². The van der Waals surface area contributed by atoms with Crippen molar-refractivity contribution in [2.24, 2.45) is 5.73 Å². The van der Waals surface area contributed by atoms with Gasteiger partial charge in [-0.3, -0.25) is 0 Å². The van der Waals surface area contributed by atoms with Crippen LogP contribution in [0.5, 0.6) is 0 Å². The molecule has 1 unspecified atom stereocenters. The van der Waals surface area contributed by atoms with Crippen molar-refractivity contribution >= 4 is 0 Å². The molecule has 0 rings (SSSR count). The topological polar surface area (TPSA) is 26.0 Å². The van der Waals surface area contributed by atoms with E-state index in [1.54, 1.807) is 0 Å². The van der Waals surface area contributed by atoms with Gasteiger partial charge in [0.1, 0.15) is 0 Å². The molecule has 19 heavy (non-hydrogen) atoms. The monoisotopic (exact) mass is 267 g/mol. The van der Waals surface area contributed by atoms with E-state index in [-0.39, 0.29) is 0 Å². The molecule has 1 nitrogen and oxygen atoms in total. The highest BCUT2D eigenvalue weighted by atomic mass is 14.6. The van der Waals surface area contributed by atoms with Crippen molar-refractivity contribution in [2.75, 3.05) is 0 Å². The lowest BCUT2D eigenvalue weighted by Gasteiger charge is -2.04. The number of rotatable bonds is 14. The number of allylic oxidation sites excluding steroid dienone is 2. The van der Waals surface area contributed by atoms with E-state index in [9.17, 15) is 0 Å². The van der Waals surface area contributed by atoms with E-state index >= 15 is 0 Å². The molecule has 0 aliphatic carbocycles. The van der Waals surface area contributed by atoms with Gasteiger partial charge in [0.05, 0.1) is 0 Å². The van der Waals surface area contributed by atoms with Crippen LogP contribution in [0.3, 0.4) is 0 Å². The molecule has 0 fully saturated rings. The van der Waals surface area contributed by atoms with E-state index < -0.39 is 0 Å². The second kappa shape index (κ2) is 15.8. The average Bonchev–Trinajstić information content (AvgIpc) is 2.39. The zero-order valence-electron chi connectivity index (χ0n) is 13.5. The van der Waals surface area contributed by atoms with Crippen LogP contribution in [-0.2, 0) is 0 Å². The summed E-state index contributed by atoms with van der Waals surface area (Å²) in [6.07, 6.45) is 22.3. The normalized spacial score (nSPS) is 13.2. The maximum absolute atomic E-state index is 5.73. The van der Waals surface area contributed by atoms with E-state index in [0.29, 0.717) is 6.04 Å². The van der Waals surface area contributed by atoms with E-state index in [4.69, 9.17) is 5.73 Å². The van der Waals surface area contributed by atoms with E-state index in [0.717, 1.165) is 0 Å². The Hall–Kier alpha value is -0.300. The molecule has 0 saturated carbocycles. The highest BCUT2D eigenvalue weighted by molar-refractivity contribution is 4.81. The van der Waals surface area contributed by atoms with E-state index in [2.05, 4.69) is 26.0 Å². The lowest BCUT2D eigenvalue weighted by atomic mass is 10.1. The van der Waals surface area contributed by atoms with Gasteiger partial charge in [-0.2, -0.15) is 0 Å². The zero-order valence-corrected chi connectivity index (χ0v) is 13.5. The minimum Gasteiger partial charge on any atom is -0.328 e. The molecule has 1 heteroatoms. The first kappa shape index (κ1) is 18.7. The third-order valence-corrected chi connectivity index (χ3v) is 3.67. The first-order valence-electron chi connectivity index (χ1n) is 8.68. The van der Waals surface area contributed by atoms with Crippen LogP contribution in [0.25, 0.3) is 0 Å². The summed E-state index contributed by atoms with van der Waals surface area (Å²) in [5.41, 5.74) is 5.73. The summed E-state index contributed by atoms with van der Waals surface area (Å²) in [7, 11) is 0. The van der Waals surface area contributed by atoms with Crippen LogP contribution in [0.15, 0.2) is 12.2 Å². The van der Waals surface area contributed by atoms with Gasteiger partial charge in [-0.25, -0.2) is 0 Å². The van der Waals surface area contributed by atoms with Crippen molar-refractivity contribution in [2.45, 2.75) is 103 Å². The van der Waals surface area contributed by atoms with Crippen molar-refractivity contribution < 1.29 is 0 Å². The molecular weight excluding hydrogens is 230 g/mol. The number of hydrogen-bond acceptors (Lipinski definition) is 1. The van der Waals surface area contributed by atoms with Crippen LogP contribution < -0.4 is 5.73 Å². The summed E-state index contributed by atoms with van der Waals surface area (Å²) in [6.45, 7) is 4.38. The largest absolute Gasteiger partial charge is 0.328 e. The van der Waals surface area contributed by atoms with Gasteiger partial charge in [0.15, 0.2) is 0 Å². The maximum Gasteiger partial charge on any atom is 0.00104 e. The molecule has 114 valence electrons. The SMILES string of the molecule is CCCCCCC=CCCCCCCCCC(C)N. The molecule has 0 saturated heterocycles. The molecule has 0 amide bonds. The Balaban J connectivity index is 3.03. The smallest absolute Gasteiger partial charge is 0.00104 e. The third-order valence-electron chi connectivity index (χ3n) is 3.67. The number of nitrogens with two attached hydrogens (primary N) is 1. The Morgan fingerprint density at radius 2 is 1.21 bits per heavy atom. The van der Waals surface area contributed by atoms with Crippen LogP contribution >= 0.6 is 0 Å². The van der Waals surface area contributed by atoms with Crippen molar-refractivity contribution in [1.82, 2.24) is 0 Å². The van der Waals surface area contributed by atoms with Gasteiger partial charge in [0, 0.05) is 6.04 Å². The summed E-state index contributed by atoms with van der Waals surface area (Å²) in [6, 6.07) is 0.391. The Labute approximate surface area is 122 Å². The van der Waals surface area contributed by atoms with Crippen molar-refractivity contribution in [3.63, 3.8) is 0 Å². The number of hydrogen-bond donors (Lipinski definition) is 1. The fraction of sp³-hybridized carbons (Fsp3) is 0.889. The lowest BCUT2D eigenvalue weighted by molar-refractivity contribution is 0.550. The second-order valence-electron chi connectivity index (χ2n) is 6.00. The summed E-state index contributed by atoms with van der Waals surface area (Å²) in [5.74, 6) is 0. The van der Waals surface area contributed by atoms with Gasteiger partial charge in [0.25, 0.3) is 0 Å². The Morgan fingerprint density at radius 1 is 0.737 bits per heavy atom. The third kappa shape index (κ3) is 17.7. The molecule has 2 N–H and O–H groups in total. The highest BCUT2D eigenvalue weighted by Gasteiger charge is 1.94. The summed E-state index contributed by atoms with van der Waals surface area (Å²) in [4.78, 5) is 0. The molecule has 1 atom stereocenters. The van der Waals surface area contributed by atoms with Gasteiger partial charge in [0.2, 0.25) is 0 Å². The molecule has 0 aromatic rings. The number of unbranched alkanes of at least 4 members (excludes halogenated alkanes) is 10. The molecule has 0 aliphatic rings. The quantitative estimate of drug-likeness (QED) is 0.304. The molecule has 0 bridgehead atoms. The highest BCUT2D eigenvalue weighted by Crippen LogP contribution is 2.10. The molecule has 0 aliphatic heterocycles. The van der Waals surface area contributed by atoms with Crippen LogP contribution in [0.2, 0.25) is 0 Å². The van der Waals surface area contributed by atoms with Crippen LogP contribution in [0.4, 0.5) is 0 Å². The summed E-state index contributed by atoms with van der Waals surface area (Å²) < 4.78 is 0. The van der Waals surface area contributed by atoms with Gasteiger partial charge < -0.3 is 5.73 Å². The first-order chi connectivity index (χ1) is 9.27. The van der Waals surface area contributed by atoms with Crippen molar-refractivity contribution in [3.8, 4) is 0 Å². The van der Waals surface area contributed by atoms with Gasteiger partial charge in [-0.15, -0.1) is 0 Å². The predicted molar refractivity (Wildman–Crippen MR) is 88.5 cm³/mol. The van der Waals surface area contributed by atoms with Gasteiger partial charge in [-0.1, -0.05) is 70.4 Å². The molecular formula is C18H37N. The summed E-state index contributed by atoms with van der Waals surface area (Å²) in [5, 5.41) is 0. The Kier molecular flexibility index (Phi) is 15.5. The van der Waals surface area contributed by atoms with E-state index in [1.165, 1.54) is 83.5 Å². The van der Waals surface area contributed by atoms with Crippen LogP contribution in [0, 0.1) is 0 Å². The zero-order chi connectivity index (χ0) is 14.2. The van der Waals surface area contributed by atoms with Crippen molar-refractivity contribution in [3.05, 3.63) is 12.2 Å². The van der Waals surface area contributed by atoms with Gasteiger partial charge in [-0.05, 0) is 39.0 Å². The van der Waals surface area contributed by atoms with Gasteiger partial charge >= 0.3 is 0 Å². The first-order valence-corrected chi connectivity index (χ1v) is 8.68. The molecule has 0 heterocycles. The lowest BCUT2D eigenvalue weighted by Crippen LogP contribution is -2.13. The minimum atomic E-state index is 0.391. The minimum absolute atomic E-state index is 0.391. The molecule has 0 aromatic carbocycles. The van der Waals surface area contributed by atoms with E-state index in [1.807, 2.05) is 0 Å². The van der Waals surface area contributed by atoms with Crippen LogP contribution in [-0.4, -0.2) is 6.04 Å². The summed E-state index contributed by atoms with van der Waals surface area (Å²) >= 11 is 0. The molecule has 0 radical (unpaired) electrons. The molecule has 0 spiro atoms. The fourth-order valence-corrected chi connectivity index (χ4v) is 2.36. The Bertz CT molecular complexity index is 184. The second-order valence-corrected chi connectivity index (χ2v) is 6.00. The maximum atomic E-state index is 5.73. The Morgan fingerprint density at radius 3 is 1.74 bits per heavy atom. The van der Waals surface area contributed by atoms with Crippen LogP contribution in [0.1, 0.15) is 97.3 Å².